The molecule has 0 saturated heterocycles. The molecule has 1 N–H and O–H groups in total. The number of pyridine rings is 1. The third kappa shape index (κ3) is 5.02. The highest BCUT2D eigenvalue weighted by molar-refractivity contribution is 6.29. The van der Waals surface area contributed by atoms with Crippen molar-refractivity contribution >= 4 is 23.6 Å². The maximum absolute atomic E-state index is 12.3. The van der Waals surface area contributed by atoms with Gasteiger partial charge in [-0.1, -0.05) is 34.5 Å². The minimum atomic E-state index is -0.266. The van der Waals surface area contributed by atoms with Crippen LogP contribution in [-0.2, 0) is 25.9 Å². The van der Waals surface area contributed by atoms with Crippen LogP contribution in [0.1, 0.15) is 58.7 Å². The molecule has 8 nitrogen and oxygen atoms in total. The first-order valence-corrected chi connectivity index (χ1v) is 11.4. The molecule has 0 atom stereocenters. The van der Waals surface area contributed by atoms with Gasteiger partial charge in [-0.15, -0.1) is 5.10 Å². The van der Waals surface area contributed by atoms with Crippen molar-refractivity contribution in [3.05, 3.63) is 69.5 Å². The molecule has 3 heterocycles. The number of aryl methyl sites for hydroxylation is 2. The lowest BCUT2D eigenvalue weighted by Gasteiger charge is -2.03. The molecule has 0 radical (unpaired) electrons. The second-order valence-corrected chi connectivity index (χ2v) is 8.79. The Morgan fingerprint density at radius 3 is 2.91 bits per heavy atom. The summed E-state index contributed by atoms with van der Waals surface area (Å²) in [7, 11) is 0. The SMILES string of the molecule is O=C(NCc1ccc(Cl)nc1)c1cn(CCCCc2cc3c(nn2)CC(C2CC2)=C3)nn1. The predicted octanol–water partition coefficient (Wildman–Crippen LogP) is 3.42. The van der Waals surface area contributed by atoms with Crippen LogP contribution in [0.4, 0.5) is 0 Å². The monoisotopic (exact) mass is 449 g/mol. The van der Waals surface area contributed by atoms with E-state index in [1.807, 2.05) is 6.07 Å². The first kappa shape index (κ1) is 20.8. The van der Waals surface area contributed by atoms with Crippen molar-refractivity contribution < 1.29 is 4.79 Å². The summed E-state index contributed by atoms with van der Waals surface area (Å²) in [4.78, 5) is 16.3. The molecule has 0 spiro atoms. The number of hydrogen-bond acceptors (Lipinski definition) is 6. The highest BCUT2D eigenvalue weighted by atomic mass is 35.5. The number of hydrogen-bond donors (Lipinski definition) is 1. The molecule has 0 aromatic carbocycles. The average Bonchev–Trinajstić information content (AvgIpc) is 3.39. The van der Waals surface area contributed by atoms with E-state index < -0.39 is 0 Å². The summed E-state index contributed by atoms with van der Waals surface area (Å²) in [5.41, 5.74) is 6.10. The van der Waals surface area contributed by atoms with Crippen molar-refractivity contribution in [1.82, 2.24) is 35.5 Å². The van der Waals surface area contributed by atoms with Crippen molar-refractivity contribution in [2.45, 2.75) is 51.6 Å². The van der Waals surface area contributed by atoms with Crippen molar-refractivity contribution in [2.75, 3.05) is 0 Å². The molecule has 2 aliphatic carbocycles. The lowest BCUT2D eigenvalue weighted by atomic mass is 10.1. The highest BCUT2D eigenvalue weighted by Crippen LogP contribution is 2.41. The third-order valence-electron chi connectivity index (χ3n) is 5.85. The Morgan fingerprint density at radius 1 is 1.19 bits per heavy atom. The van der Waals surface area contributed by atoms with Crippen LogP contribution >= 0.6 is 11.6 Å². The molecule has 32 heavy (non-hydrogen) atoms. The molecule has 0 aliphatic heterocycles. The van der Waals surface area contributed by atoms with Crippen LogP contribution in [0, 0.1) is 5.92 Å². The number of carbonyl (C=O) groups excluding carboxylic acids is 1. The van der Waals surface area contributed by atoms with Crippen LogP contribution in [0.2, 0.25) is 5.15 Å². The number of fused-ring (bicyclic) bond motifs is 1. The van der Waals surface area contributed by atoms with Crippen LogP contribution < -0.4 is 5.32 Å². The summed E-state index contributed by atoms with van der Waals surface area (Å²) in [5, 5.41) is 20.1. The fourth-order valence-corrected chi connectivity index (χ4v) is 4.01. The fraction of sp³-hybridized carbons (Fsp3) is 0.391. The van der Waals surface area contributed by atoms with Gasteiger partial charge in [-0.3, -0.25) is 9.48 Å². The predicted molar refractivity (Wildman–Crippen MR) is 120 cm³/mol. The average molecular weight is 450 g/mol. The van der Waals surface area contributed by atoms with Gasteiger partial charge in [0.25, 0.3) is 5.91 Å². The summed E-state index contributed by atoms with van der Waals surface area (Å²) in [6.45, 7) is 1.06. The third-order valence-corrected chi connectivity index (χ3v) is 6.08. The van der Waals surface area contributed by atoms with Crippen LogP contribution in [0.15, 0.2) is 36.2 Å². The number of allylic oxidation sites excluding steroid dienone is 1. The van der Waals surface area contributed by atoms with Gasteiger partial charge in [-0.05, 0) is 61.3 Å². The Hall–Kier alpha value is -3.13. The van der Waals surface area contributed by atoms with Gasteiger partial charge in [0, 0.05) is 25.7 Å². The Balaban J connectivity index is 1.06. The molecule has 9 heteroatoms. The summed E-state index contributed by atoms with van der Waals surface area (Å²) in [6.07, 6.45) is 12.0. The first-order chi connectivity index (χ1) is 15.6. The second-order valence-electron chi connectivity index (χ2n) is 8.40. The molecule has 1 saturated carbocycles. The molecule has 3 aromatic rings. The zero-order chi connectivity index (χ0) is 21.9. The van der Waals surface area contributed by atoms with E-state index >= 15 is 0 Å². The number of carbonyl (C=O) groups is 1. The van der Waals surface area contributed by atoms with Gasteiger partial charge < -0.3 is 5.32 Å². The van der Waals surface area contributed by atoms with Gasteiger partial charge in [0.2, 0.25) is 0 Å². The largest absolute Gasteiger partial charge is 0.346 e. The van der Waals surface area contributed by atoms with E-state index in [-0.39, 0.29) is 5.91 Å². The molecule has 1 fully saturated rings. The second kappa shape index (κ2) is 9.16. The zero-order valence-electron chi connectivity index (χ0n) is 17.7. The van der Waals surface area contributed by atoms with Crippen LogP contribution in [0.3, 0.4) is 0 Å². The van der Waals surface area contributed by atoms with Gasteiger partial charge in [0.05, 0.1) is 17.6 Å². The quantitative estimate of drug-likeness (QED) is 0.397. The topological polar surface area (TPSA) is 98.5 Å². The Kier molecular flexibility index (Phi) is 5.94. The maximum atomic E-state index is 12.3. The summed E-state index contributed by atoms with van der Waals surface area (Å²) >= 11 is 5.77. The summed E-state index contributed by atoms with van der Waals surface area (Å²) in [6, 6.07) is 5.70. The van der Waals surface area contributed by atoms with Gasteiger partial charge >= 0.3 is 0 Å². The number of nitrogens with zero attached hydrogens (tertiary/aromatic N) is 6. The number of unbranched alkanes of at least 4 members (excludes halogenated alkanes) is 1. The van der Waals surface area contributed by atoms with Crippen molar-refractivity contribution in [1.29, 1.82) is 0 Å². The minimum Gasteiger partial charge on any atom is -0.346 e. The van der Waals surface area contributed by atoms with Gasteiger partial charge in [-0.25, -0.2) is 4.98 Å². The lowest BCUT2D eigenvalue weighted by molar-refractivity contribution is 0.0946. The van der Waals surface area contributed by atoms with E-state index in [1.165, 1.54) is 24.0 Å². The molecule has 164 valence electrons. The standard InChI is InChI=1S/C23H24ClN7O/c24-22-7-4-15(12-25-22)13-26-23(32)21-14-31(30-29-21)8-2-1-3-19-10-18-9-17(16-5-6-16)11-20(18)28-27-19/h4,7,9-10,12,14,16H,1-3,5-6,8,11,13H2,(H,26,32). The van der Waals surface area contributed by atoms with Crippen molar-refractivity contribution in [3.63, 3.8) is 0 Å². The number of aromatic nitrogens is 6. The van der Waals surface area contributed by atoms with Gasteiger partial charge in [0.1, 0.15) is 5.15 Å². The molecular weight excluding hydrogens is 426 g/mol. The number of rotatable bonds is 9. The molecule has 0 unspecified atom stereocenters. The lowest BCUT2D eigenvalue weighted by Crippen LogP contribution is -2.23. The normalized spacial score (nSPS) is 14.8. The molecule has 0 bridgehead atoms. The number of amides is 1. The Labute approximate surface area is 191 Å². The molecule has 1 amide bonds. The molecule has 2 aliphatic rings. The van der Waals surface area contributed by atoms with E-state index in [0.717, 1.165) is 48.6 Å². The fourth-order valence-electron chi connectivity index (χ4n) is 3.89. The van der Waals surface area contributed by atoms with Gasteiger partial charge in [0.15, 0.2) is 5.69 Å². The maximum Gasteiger partial charge on any atom is 0.273 e. The van der Waals surface area contributed by atoms with E-state index in [2.05, 4.69) is 43.0 Å². The first-order valence-electron chi connectivity index (χ1n) is 11.0. The summed E-state index contributed by atoms with van der Waals surface area (Å²) in [5.74, 6) is 0.523. The van der Waals surface area contributed by atoms with Gasteiger partial charge in [-0.2, -0.15) is 10.2 Å². The van der Waals surface area contributed by atoms with Crippen molar-refractivity contribution in [2.24, 2.45) is 5.92 Å². The van der Waals surface area contributed by atoms with Crippen LogP contribution in [0.25, 0.3) is 6.08 Å². The molecule has 3 aromatic heterocycles. The van der Waals surface area contributed by atoms with E-state index in [9.17, 15) is 4.79 Å². The van der Waals surface area contributed by atoms with Crippen LogP contribution in [-0.4, -0.2) is 36.1 Å². The Morgan fingerprint density at radius 2 is 2.09 bits per heavy atom. The number of nitrogens with one attached hydrogen (secondary N) is 1. The Bertz CT molecular complexity index is 1150. The molecule has 5 rings (SSSR count). The smallest absolute Gasteiger partial charge is 0.273 e. The van der Waals surface area contributed by atoms with E-state index in [4.69, 9.17) is 11.6 Å². The molecular formula is C23H24ClN7O. The number of halogens is 1. The van der Waals surface area contributed by atoms with E-state index in [0.29, 0.717) is 23.9 Å². The minimum absolute atomic E-state index is 0.266. The summed E-state index contributed by atoms with van der Waals surface area (Å²) < 4.78 is 1.71. The highest BCUT2D eigenvalue weighted by Gasteiger charge is 2.29. The zero-order valence-corrected chi connectivity index (χ0v) is 18.4. The van der Waals surface area contributed by atoms with E-state index in [1.54, 1.807) is 23.1 Å². The van der Waals surface area contributed by atoms with Crippen LogP contribution in [0.5, 0.6) is 0 Å². The van der Waals surface area contributed by atoms with Crippen molar-refractivity contribution in [3.8, 4) is 0 Å².